The summed E-state index contributed by atoms with van der Waals surface area (Å²) < 4.78 is 2.79. The van der Waals surface area contributed by atoms with E-state index in [-0.39, 0.29) is 42.3 Å². The Morgan fingerprint density at radius 1 is 0.895 bits per heavy atom. The van der Waals surface area contributed by atoms with Crippen molar-refractivity contribution in [2.75, 3.05) is 0 Å². The molecule has 0 fully saturated rings. The summed E-state index contributed by atoms with van der Waals surface area (Å²) in [6, 6.07) is 6.50. The number of carbonyl (C=O) groups excluding carboxylic acids is 1. The molecule has 0 aliphatic carbocycles. The van der Waals surface area contributed by atoms with Crippen LogP contribution in [0.1, 0.15) is 75.0 Å². The minimum absolute atomic E-state index is 0.0416. The molecule has 3 rings (SSSR count). The first-order chi connectivity index (χ1) is 17.6. The topological polar surface area (TPSA) is 77.2 Å². The van der Waals surface area contributed by atoms with Crippen molar-refractivity contribution in [2.45, 2.75) is 63.2 Å². The van der Waals surface area contributed by atoms with Crippen molar-refractivity contribution in [3.05, 3.63) is 73.2 Å². The van der Waals surface area contributed by atoms with Gasteiger partial charge >= 0.3 is 154 Å². The minimum atomic E-state index is -0.776. The summed E-state index contributed by atoms with van der Waals surface area (Å²) in [4.78, 5) is 23.9. The number of nitrogens with zero attached hydrogens (tertiary/aromatic N) is 3. The average Bonchev–Trinajstić information content (AvgIpc) is 3.12. The molecule has 0 spiro atoms. The predicted octanol–water partition coefficient (Wildman–Crippen LogP) is 7.01. The fourth-order valence-corrected chi connectivity index (χ4v) is 8.55. The Labute approximate surface area is 256 Å². The number of benzene rings is 2. The van der Waals surface area contributed by atoms with Gasteiger partial charge in [0, 0.05) is 11.5 Å². The minimum Gasteiger partial charge on any atom is -0.858 e. The van der Waals surface area contributed by atoms with Gasteiger partial charge in [-0.3, -0.25) is 4.79 Å². The van der Waals surface area contributed by atoms with Crippen LogP contribution < -0.4 is 8.38 Å². The number of allylic oxidation sites excluding steroid dienone is 1. The molecule has 5 nitrogen and oxygen atoms in total. The summed E-state index contributed by atoms with van der Waals surface area (Å²) >= 11 is 22.2. The van der Waals surface area contributed by atoms with E-state index in [4.69, 9.17) is 56.4 Å². The van der Waals surface area contributed by atoms with Crippen molar-refractivity contribution in [2.24, 2.45) is 15.0 Å². The van der Waals surface area contributed by atoms with Gasteiger partial charge in [-0.15, -0.1) is 0 Å². The van der Waals surface area contributed by atoms with Gasteiger partial charge in [0.2, 0.25) is 0 Å². The van der Waals surface area contributed by atoms with Crippen LogP contribution in [0.3, 0.4) is 0 Å². The molecule has 10 heteroatoms. The van der Waals surface area contributed by atoms with Gasteiger partial charge in [0.1, 0.15) is 0 Å². The zero-order valence-electron chi connectivity index (χ0n) is 22.2. The monoisotopic (exact) mass is 789 g/mol. The molecule has 0 aromatic heterocycles. The van der Waals surface area contributed by atoms with E-state index in [0.717, 1.165) is 6.42 Å². The van der Waals surface area contributed by atoms with Gasteiger partial charge < -0.3 is 5.11 Å². The number of rotatable bonds is 6. The Morgan fingerprint density at radius 3 is 1.82 bits per heavy atom. The second kappa shape index (κ2) is 13.9. The van der Waals surface area contributed by atoms with Gasteiger partial charge in [-0.2, -0.15) is 0 Å². The maximum atomic E-state index is 11.3. The fourth-order valence-electron chi connectivity index (χ4n) is 3.00. The summed E-state index contributed by atoms with van der Waals surface area (Å²) in [5, 5.41) is 11.0. The third-order valence-electron chi connectivity index (χ3n) is 4.78. The van der Waals surface area contributed by atoms with E-state index in [2.05, 4.69) is 83.7 Å². The Bertz CT molecular complexity index is 1260. The summed E-state index contributed by atoms with van der Waals surface area (Å²) in [6.07, 6.45) is 7.25. The maximum absolute atomic E-state index is 11.3. The Morgan fingerprint density at radius 2 is 1.37 bits per heavy atom. The van der Waals surface area contributed by atoms with E-state index in [1.165, 1.54) is 18.5 Å². The summed E-state index contributed by atoms with van der Waals surface area (Å²) in [7, 11) is 0. The van der Waals surface area contributed by atoms with E-state index >= 15 is 0 Å². The zero-order valence-corrected chi connectivity index (χ0v) is 28.7. The van der Waals surface area contributed by atoms with Gasteiger partial charge in [-0.25, -0.2) is 4.99 Å². The molecule has 1 heterocycles. The number of fused-ring (bicyclic) bond motifs is 1. The van der Waals surface area contributed by atoms with Crippen LogP contribution in [0.2, 0.25) is 24.2 Å². The Balaban J connectivity index is 0.000000290. The van der Waals surface area contributed by atoms with Crippen LogP contribution in [0.5, 0.6) is 0 Å². The maximum Gasteiger partial charge on any atom is 0.278 e. The van der Waals surface area contributed by atoms with Gasteiger partial charge in [0.25, 0.3) is 5.91 Å². The van der Waals surface area contributed by atoms with Crippen LogP contribution in [0.4, 0.5) is 0 Å². The molecule has 2 aromatic rings. The number of hydrogen-bond donors (Lipinski definition) is 0. The Hall–Kier alpha value is -1.30. The van der Waals surface area contributed by atoms with Crippen LogP contribution in [-0.4, -0.2) is 58.5 Å². The van der Waals surface area contributed by atoms with Crippen molar-refractivity contribution < 1.29 is 9.90 Å². The molecule has 0 atom stereocenters. The molecule has 38 heavy (non-hydrogen) atoms. The van der Waals surface area contributed by atoms with E-state index in [0.29, 0.717) is 0 Å². The summed E-state index contributed by atoms with van der Waals surface area (Å²) in [6.45, 7) is 16.6. The first kappa shape index (κ1) is 32.9. The van der Waals surface area contributed by atoms with Crippen molar-refractivity contribution in [3.8, 4) is 0 Å². The predicted molar refractivity (Wildman–Crippen MR) is 163 cm³/mol. The smallest absolute Gasteiger partial charge is 0.278 e. The number of aliphatic imine (C=N–C) groups is 3. The summed E-state index contributed by atoms with van der Waals surface area (Å²) in [5.41, 5.74) is 2.31. The molecule has 0 saturated heterocycles. The molecule has 2 aromatic carbocycles. The van der Waals surface area contributed by atoms with E-state index in [9.17, 15) is 9.90 Å². The Kier molecular flexibility index (Phi) is 12.0. The quantitative estimate of drug-likeness (QED) is 0.0790. The molecule has 0 saturated carbocycles. The number of amides is 1. The molecule has 0 unspecified atom stereocenters. The third kappa shape index (κ3) is 9.13. The SMILES string of the molecule is C=CC[CH2][Bi+][c]1c(C=NC(C)(C)C)cccc1C=NC(C)(C)C.O=C1N=C([O-])c2c(Cl)c(Cl)c(Cl)c(Cl)c21. The molecule has 0 bridgehead atoms. The first-order valence-corrected chi connectivity index (χ1v) is 17.5. The van der Waals surface area contributed by atoms with Crippen LogP contribution in [-0.2, 0) is 0 Å². The van der Waals surface area contributed by atoms with Crippen molar-refractivity contribution in [1.29, 1.82) is 0 Å². The number of halogens is 4. The molecule has 0 N–H and O–H groups in total. The second-order valence-electron chi connectivity index (χ2n) is 10.3. The molecule has 202 valence electrons. The number of hydrogen-bond acceptors (Lipinski definition) is 4. The van der Waals surface area contributed by atoms with E-state index in [1.807, 2.05) is 6.08 Å². The fraction of sp³-hybridized carbons (Fsp3) is 0.357. The molecule has 1 amide bonds. The normalized spacial score (nSPS) is 13.5. The van der Waals surface area contributed by atoms with Gasteiger partial charge in [0.05, 0.1) is 25.7 Å². The standard InChI is InChI=1S/C16H23N2.C8HCl4NO2.C4H7.Bi/c1-15(2,3)17-11-13-8-7-9-14(10-13)12-18-16(4,5)6;9-3-1-2(8(15)13-7(1)14)4(10)6(12)5(3)11;1-3-4-2;/h7-9,11-12H,1-6H3;(H,13,14,15);3H,1-2,4H2;/q;;;+1/p-1. The van der Waals surface area contributed by atoms with Crippen molar-refractivity contribution >= 4 is 97.1 Å². The molecular weight excluding hydrogens is 761 g/mol. The molecule has 1 aliphatic rings. The average molecular weight is 791 g/mol. The van der Waals surface area contributed by atoms with Gasteiger partial charge in [-0.1, -0.05) is 46.4 Å². The zero-order chi connectivity index (χ0) is 28.8. The van der Waals surface area contributed by atoms with Gasteiger partial charge in [-0.05, 0) is 0 Å². The first-order valence-electron chi connectivity index (χ1n) is 11.8. The van der Waals surface area contributed by atoms with Crippen molar-refractivity contribution in [1.82, 2.24) is 0 Å². The number of carbonyl (C=O) groups is 1. The van der Waals surface area contributed by atoms with Crippen LogP contribution in [0, 0.1) is 0 Å². The largest absolute Gasteiger partial charge is 0.858 e. The van der Waals surface area contributed by atoms with Gasteiger partial charge in [0.15, 0.2) is 0 Å². The van der Waals surface area contributed by atoms with E-state index in [1.54, 1.807) is 0 Å². The van der Waals surface area contributed by atoms with E-state index < -0.39 is 35.0 Å². The van der Waals surface area contributed by atoms with Crippen LogP contribution in [0.15, 0.2) is 45.8 Å². The molecule has 1 aliphatic heterocycles. The molecule has 2 radical (unpaired) electrons. The third-order valence-corrected chi connectivity index (χ3v) is 11.7. The second-order valence-corrected chi connectivity index (χ2v) is 16.5. The molecular formula is C28H30BiCl4N3O2. The van der Waals surface area contributed by atoms with Crippen LogP contribution in [0.25, 0.3) is 0 Å². The van der Waals surface area contributed by atoms with Crippen LogP contribution >= 0.6 is 46.4 Å². The van der Waals surface area contributed by atoms with Crippen molar-refractivity contribution in [3.63, 3.8) is 0 Å². The summed E-state index contributed by atoms with van der Waals surface area (Å²) in [5.74, 6) is -1.50.